The normalized spacial score (nSPS) is 15.5. The maximum atomic E-state index is 13.2. The van der Waals surface area contributed by atoms with Crippen molar-refractivity contribution in [3.8, 4) is 0 Å². The van der Waals surface area contributed by atoms with Gasteiger partial charge in [0, 0.05) is 32.4 Å². The second-order valence-electron chi connectivity index (χ2n) is 5.36. The Bertz CT molecular complexity index is 759. The molecule has 6 heteroatoms. The first-order valence-corrected chi connectivity index (χ1v) is 7.36. The predicted molar refractivity (Wildman–Crippen MR) is 83.8 cm³/mol. The van der Waals surface area contributed by atoms with Crippen LogP contribution in [0.2, 0.25) is 0 Å². The summed E-state index contributed by atoms with van der Waals surface area (Å²) in [5.74, 6) is 1.26. The number of halogens is 1. The number of anilines is 2. The lowest BCUT2D eigenvalue weighted by Gasteiger charge is -2.35. The highest BCUT2D eigenvalue weighted by molar-refractivity contribution is 5.51. The van der Waals surface area contributed by atoms with E-state index < -0.39 is 5.95 Å². The van der Waals surface area contributed by atoms with E-state index in [0.29, 0.717) is 5.82 Å². The standard InChI is InChI=1S/C16H16FN5/c17-13-4-3-6-14(18-13)20-8-10-21(11-9-20)16-12-22-7-2-1-5-15(22)19-16/h1-7,12H,8-11H2. The maximum absolute atomic E-state index is 13.2. The fraction of sp³-hybridized carbons (Fsp3) is 0.250. The number of rotatable bonds is 2. The van der Waals surface area contributed by atoms with Gasteiger partial charge in [-0.15, -0.1) is 0 Å². The van der Waals surface area contributed by atoms with Crippen LogP contribution in [0.25, 0.3) is 5.65 Å². The molecule has 0 spiro atoms. The summed E-state index contributed by atoms with van der Waals surface area (Å²) in [5.41, 5.74) is 0.951. The maximum Gasteiger partial charge on any atom is 0.214 e. The summed E-state index contributed by atoms with van der Waals surface area (Å²) < 4.78 is 15.2. The van der Waals surface area contributed by atoms with Crippen LogP contribution in [0, 0.1) is 5.95 Å². The number of nitrogens with zero attached hydrogens (tertiary/aromatic N) is 5. The van der Waals surface area contributed by atoms with E-state index in [1.807, 2.05) is 41.1 Å². The molecule has 4 heterocycles. The highest BCUT2D eigenvalue weighted by Gasteiger charge is 2.20. The first-order chi connectivity index (χ1) is 10.8. The van der Waals surface area contributed by atoms with Gasteiger partial charge in [0.1, 0.15) is 17.3 Å². The average Bonchev–Trinajstić information content (AvgIpc) is 2.99. The summed E-state index contributed by atoms with van der Waals surface area (Å²) >= 11 is 0. The molecule has 3 aromatic heterocycles. The van der Waals surface area contributed by atoms with Gasteiger partial charge >= 0.3 is 0 Å². The van der Waals surface area contributed by atoms with E-state index in [0.717, 1.165) is 37.6 Å². The summed E-state index contributed by atoms with van der Waals surface area (Å²) in [6.45, 7) is 3.32. The Kier molecular flexibility index (Phi) is 3.14. The van der Waals surface area contributed by atoms with Crippen molar-refractivity contribution in [2.24, 2.45) is 0 Å². The molecule has 1 aliphatic heterocycles. The minimum atomic E-state index is -0.430. The van der Waals surface area contributed by atoms with Crippen molar-refractivity contribution in [2.75, 3.05) is 36.0 Å². The fourth-order valence-corrected chi connectivity index (χ4v) is 2.81. The largest absolute Gasteiger partial charge is 0.353 e. The molecule has 0 radical (unpaired) electrons. The lowest BCUT2D eigenvalue weighted by Crippen LogP contribution is -2.47. The van der Waals surface area contributed by atoms with E-state index in [9.17, 15) is 4.39 Å². The predicted octanol–water partition coefficient (Wildman–Crippen LogP) is 2.20. The summed E-state index contributed by atoms with van der Waals surface area (Å²) in [6.07, 6.45) is 4.05. The van der Waals surface area contributed by atoms with Crippen LogP contribution in [0.5, 0.6) is 0 Å². The van der Waals surface area contributed by atoms with Gasteiger partial charge in [-0.25, -0.2) is 9.97 Å². The molecule has 0 bridgehead atoms. The molecular formula is C16H16FN5. The van der Waals surface area contributed by atoms with E-state index in [1.54, 1.807) is 6.07 Å². The monoisotopic (exact) mass is 297 g/mol. The van der Waals surface area contributed by atoms with Crippen LogP contribution in [0.15, 0.2) is 48.8 Å². The molecule has 112 valence electrons. The van der Waals surface area contributed by atoms with Gasteiger partial charge in [0.05, 0.1) is 6.20 Å². The van der Waals surface area contributed by atoms with Gasteiger partial charge in [-0.3, -0.25) is 0 Å². The summed E-state index contributed by atoms with van der Waals surface area (Å²) in [7, 11) is 0. The molecule has 1 saturated heterocycles. The van der Waals surface area contributed by atoms with Gasteiger partial charge in [0.15, 0.2) is 0 Å². The minimum absolute atomic E-state index is 0.430. The lowest BCUT2D eigenvalue weighted by molar-refractivity contribution is 0.574. The number of piperazine rings is 1. The van der Waals surface area contributed by atoms with E-state index >= 15 is 0 Å². The Morgan fingerprint density at radius 2 is 1.59 bits per heavy atom. The first-order valence-electron chi connectivity index (χ1n) is 7.36. The second-order valence-corrected chi connectivity index (χ2v) is 5.36. The molecule has 0 N–H and O–H groups in total. The van der Waals surface area contributed by atoms with Crippen molar-refractivity contribution in [1.29, 1.82) is 0 Å². The van der Waals surface area contributed by atoms with Crippen molar-refractivity contribution in [2.45, 2.75) is 0 Å². The van der Waals surface area contributed by atoms with Crippen molar-refractivity contribution in [1.82, 2.24) is 14.4 Å². The smallest absolute Gasteiger partial charge is 0.214 e. The van der Waals surface area contributed by atoms with Gasteiger partial charge in [-0.2, -0.15) is 4.39 Å². The van der Waals surface area contributed by atoms with E-state index in [-0.39, 0.29) is 0 Å². The van der Waals surface area contributed by atoms with E-state index in [2.05, 4.69) is 19.8 Å². The zero-order valence-electron chi connectivity index (χ0n) is 12.1. The number of fused-ring (bicyclic) bond motifs is 1. The van der Waals surface area contributed by atoms with Gasteiger partial charge in [-0.1, -0.05) is 12.1 Å². The minimum Gasteiger partial charge on any atom is -0.353 e. The zero-order chi connectivity index (χ0) is 14.9. The zero-order valence-corrected chi connectivity index (χ0v) is 12.1. The van der Waals surface area contributed by atoms with Crippen molar-refractivity contribution < 1.29 is 4.39 Å². The van der Waals surface area contributed by atoms with E-state index in [1.165, 1.54) is 6.07 Å². The molecule has 1 fully saturated rings. The Morgan fingerprint density at radius 3 is 2.32 bits per heavy atom. The molecule has 0 atom stereocenters. The number of hydrogen-bond donors (Lipinski definition) is 0. The first kappa shape index (κ1) is 13.1. The van der Waals surface area contributed by atoms with Crippen LogP contribution in [0.3, 0.4) is 0 Å². The van der Waals surface area contributed by atoms with Crippen LogP contribution in [0.1, 0.15) is 0 Å². The Labute approximate surface area is 127 Å². The van der Waals surface area contributed by atoms with Crippen LogP contribution < -0.4 is 9.80 Å². The topological polar surface area (TPSA) is 36.7 Å². The van der Waals surface area contributed by atoms with Gasteiger partial charge in [-0.05, 0) is 24.3 Å². The Hall–Kier alpha value is -2.63. The molecule has 0 unspecified atom stereocenters. The summed E-state index contributed by atoms with van der Waals surface area (Å²) in [4.78, 5) is 13.0. The quantitative estimate of drug-likeness (QED) is 0.680. The summed E-state index contributed by atoms with van der Waals surface area (Å²) in [5, 5.41) is 0. The Morgan fingerprint density at radius 1 is 0.818 bits per heavy atom. The second kappa shape index (κ2) is 5.29. The van der Waals surface area contributed by atoms with Crippen LogP contribution in [0.4, 0.5) is 16.0 Å². The molecular weight excluding hydrogens is 281 g/mol. The molecule has 0 amide bonds. The Balaban J connectivity index is 1.49. The van der Waals surface area contributed by atoms with E-state index in [4.69, 9.17) is 0 Å². The van der Waals surface area contributed by atoms with Gasteiger partial charge in [0.25, 0.3) is 0 Å². The number of aromatic nitrogens is 3. The molecule has 0 aliphatic carbocycles. The molecule has 3 aromatic rings. The molecule has 0 saturated carbocycles. The molecule has 4 rings (SSSR count). The highest BCUT2D eigenvalue weighted by Crippen LogP contribution is 2.19. The van der Waals surface area contributed by atoms with Crippen LogP contribution >= 0.6 is 0 Å². The molecule has 22 heavy (non-hydrogen) atoms. The number of pyridine rings is 2. The third-order valence-corrected chi connectivity index (χ3v) is 3.98. The fourth-order valence-electron chi connectivity index (χ4n) is 2.81. The number of imidazole rings is 1. The third kappa shape index (κ3) is 2.36. The van der Waals surface area contributed by atoms with Crippen molar-refractivity contribution >= 4 is 17.3 Å². The van der Waals surface area contributed by atoms with Crippen molar-refractivity contribution in [3.63, 3.8) is 0 Å². The van der Waals surface area contributed by atoms with Gasteiger partial charge in [0.2, 0.25) is 5.95 Å². The molecule has 0 aromatic carbocycles. The molecule has 1 aliphatic rings. The third-order valence-electron chi connectivity index (χ3n) is 3.98. The number of hydrogen-bond acceptors (Lipinski definition) is 4. The van der Waals surface area contributed by atoms with Crippen LogP contribution in [-0.4, -0.2) is 40.5 Å². The lowest BCUT2D eigenvalue weighted by atomic mass is 10.3. The average molecular weight is 297 g/mol. The SMILES string of the molecule is Fc1cccc(N2CCN(c3cn4ccccc4n3)CC2)n1. The highest BCUT2D eigenvalue weighted by atomic mass is 19.1. The summed E-state index contributed by atoms with van der Waals surface area (Å²) in [6, 6.07) is 10.9. The molecule has 5 nitrogen and oxygen atoms in total. The van der Waals surface area contributed by atoms with Crippen LogP contribution in [-0.2, 0) is 0 Å². The van der Waals surface area contributed by atoms with Crippen molar-refractivity contribution in [3.05, 3.63) is 54.7 Å². The van der Waals surface area contributed by atoms with Gasteiger partial charge < -0.3 is 14.2 Å².